The molecule has 124 valence electrons. The molecule has 2 atom stereocenters. The molecule has 2 aliphatic heterocycles. The number of carboxylic acid groups (broad SMARTS) is 1. The van der Waals surface area contributed by atoms with Gasteiger partial charge < -0.3 is 10.0 Å². The smallest absolute Gasteiger partial charge is 0.389 e. The molecule has 0 aromatic rings. The number of aliphatic carboxylic acids is 1. The number of rotatable bonds is 5. The van der Waals surface area contributed by atoms with E-state index >= 15 is 0 Å². The summed E-state index contributed by atoms with van der Waals surface area (Å²) in [5, 5.41) is 9.55. The van der Waals surface area contributed by atoms with Crippen molar-refractivity contribution >= 4 is 11.9 Å². The van der Waals surface area contributed by atoms with Crippen LogP contribution in [0.15, 0.2) is 12.7 Å². The molecule has 0 bridgehead atoms. The van der Waals surface area contributed by atoms with E-state index in [1.54, 1.807) is 6.08 Å². The maximum Gasteiger partial charge on any atom is 0.389 e. The normalized spacial score (nSPS) is 28.7. The zero-order valence-corrected chi connectivity index (χ0v) is 12.1. The molecule has 0 aromatic carbocycles. The van der Waals surface area contributed by atoms with Crippen molar-refractivity contribution in [3.8, 4) is 0 Å². The van der Waals surface area contributed by atoms with Crippen LogP contribution in [0.25, 0.3) is 0 Å². The van der Waals surface area contributed by atoms with Crippen molar-refractivity contribution in [2.75, 3.05) is 32.7 Å². The van der Waals surface area contributed by atoms with E-state index in [1.165, 1.54) is 4.90 Å². The maximum absolute atomic E-state index is 12.2. The van der Waals surface area contributed by atoms with Crippen LogP contribution in [0.1, 0.15) is 12.8 Å². The number of hydrogen-bond donors (Lipinski definition) is 1. The van der Waals surface area contributed by atoms with Gasteiger partial charge in [0.05, 0.1) is 6.42 Å². The molecule has 0 aliphatic carbocycles. The summed E-state index contributed by atoms with van der Waals surface area (Å²) in [6, 6.07) is 0. The van der Waals surface area contributed by atoms with Gasteiger partial charge in [-0.15, -0.1) is 6.58 Å². The Morgan fingerprint density at radius 1 is 1.32 bits per heavy atom. The summed E-state index contributed by atoms with van der Waals surface area (Å²) in [4.78, 5) is 26.8. The molecule has 0 saturated carbocycles. The molecule has 2 rings (SSSR count). The predicted molar refractivity (Wildman–Crippen MR) is 72.1 cm³/mol. The van der Waals surface area contributed by atoms with Crippen LogP contribution >= 0.6 is 0 Å². The summed E-state index contributed by atoms with van der Waals surface area (Å²) in [6.45, 7) is 5.18. The zero-order valence-electron chi connectivity index (χ0n) is 12.1. The molecule has 0 aromatic heterocycles. The third-order valence-corrected chi connectivity index (χ3v) is 4.47. The molecule has 0 spiro atoms. The quantitative estimate of drug-likeness (QED) is 0.777. The van der Waals surface area contributed by atoms with Gasteiger partial charge >= 0.3 is 12.1 Å². The third-order valence-electron chi connectivity index (χ3n) is 4.47. The Morgan fingerprint density at radius 2 is 2.00 bits per heavy atom. The number of hydrogen-bond acceptors (Lipinski definition) is 3. The topological polar surface area (TPSA) is 60.9 Å². The van der Waals surface area contributed by atoms with Crippen LogP contribution in [0.3, 0.4) is 0 Å². The summed E-state index contributed by atoms with van der Waals surface area (Å²) >= 11 is 0. The lowest BCUT2D eigenvalue weighted by Crippen LogP contribution is -2.42. The number of nitrogens with zero attached hydrogens (tertiary/aromatic N) is 2. The minimum atomic E-state index is -4.38. The molecule has 0 radical (unpaired) electrons. The number of fused-ring (bicyclic) bond motifs is 1. The molecule has 1 N–H and O–H groups in total. The minimum Gasteiger partial charge on any atom is -0.481 e. The number of amides is 1. The number of carbonyl (C=O) groups excluding carboxylic acids is 1. The fourth-order valence-electron chi connectivity index (χ4n) is 3.39. The molecule has 8 heteroatoms. The monoisotopic (exact) mass is 320 g/mol. The molecule has 5 nitrogen and oxygen atoms in total. The van der Waals surface area contributed by atoms with Crippen LogP contribution in [0, 0.1) is 11.3 Å². The third kappa shape index (κ3) is 3.26. The number of halogens is 3. The molecule has 2 fully saturated rings. The Morgan fingerprint density at radius 3 is 2.50 bits per heavy atom. The van der Waals surface area contributed by atoms with E-state index in [0.29, 0.717) is 19.6 Å². The van der Waals surface area contributed by atoms with Gasteiger partial charge in [-0.1, -0.05) is 6.08 Å². The standard InChI is InChI=1S/C14H19F3N2O3/c1-2-5-18-6-10-7-19(9-13(10,8-18)12(21)22)11(20)3-4-14(15,16)17/h2,10H,1,3-9H2,(H,21,22)/t10-,13-/m1/s1. The van der Waals surface area contributed by atoms with Crippen LogP contribution in [0.5, 0.6) is 0 Å². The lowest BCUT2D eigenvalue weighted by Gasteiger charge is -2.25. The van der Waals surface area contributed by atoms with Gasteiger partial charge in [-0.3, -0.25) is 14.5 Å². The molecule has 2 saturated heterocycles. The van der Waals surface area contributed by atoms with Gasteiger partial charge in [0.1, 0.15) is 5.41 Å². The van der Waals surface area contributed by atoms with E-state index in [-0.39, 0.29) is 19.0 Å². The van der Waals surface area contributed by atoms with Crippen LogP contribution in [0.4, 0.5) is 13.2 Å². The van der Waals surface area contributed by atoms with Crippen molar-refractivity contribution < 1.29 is 27.9 Å². The highest BCUT2D eigenvalue weighted by Crippen LogP contribution is 2.43. The van der Waals surface area contributed by atoms with Crippen molar-refractivity contribution in [1.82, 2.24) is 9.80 Å². The number of likely N-dealkylation sites (tertiary alicyclic amines) is 2. The van der Waals surface area contributed by atoms with Crippen molar-refractivity contribution in [3.05, 3.63) is 12.7 Å². The van der Waals surface area contributed by atoms with Gasteiger partial charge in [-0.2, -0.15) is 13.2 Å². The second kappa shape index (κ2) is 5.91. The Balaban J connectivity index is 2.02. The second-order valence-corrected chi connectivity index (χ2v) is 6.03. The molecular formula is C14H19F3N2O3. The highest BCUT2D eigenvalue weighted by Gasteiger charge is 2.58. The van der Waals surface area contributed by atoms with Gasteiger partial charge in [-0.05, 0) is 0 Å². The molecule has 1 amide bonds. The predicted octanol–water partition coefficient (Wildman–Crippen LogP) is 1.36. The summed E-state index contributed by atoms with van der Waals surface area (Å²) in [7, 11) is 0. The lowest BCUT2D eigenvalue weighted by atomic mass is 9.81. The fraction of sp³-hybridized carbons (Fsp3) is 0.714. The van der Waals surface area contributed by atoms with E-state index in [9.17, 15) is 27.9 Å². The largest absolute Gasteiger partial charge is 0.481 e. The maximum atomic E-state index is 12.2. The average Bonchev–Trinajstić information content (AvgIpc) is 2.90. The fourth-order valence-corrected chi connectivity index (χ4v) is 3.39. The van der Waals surface area contributed by atoms with Crippen molar-refractivity contribution in [3.63, 3.8) is 0 Å². The lowest BCUT2D eigenvalue weighted by molar-refractivity contribution is -0.151. The van der Waals surface area contributed by atoms with Gasteiger partial charge in [0.2, 0.25) is 5.91 Å². The van der Waals surface area contributed by atoms with Crippen LogP contribution in [0.2, 0.25) is 0 Å². The Labute approximate surface area is 126 Å². The van der Waals surface area contributed by atoms with Crippen LogP contribution < -0.4 is 0 Å². The van der Waals surface area contributed by atoms with Gasteiger partial charge in [0.25, 0.3) is 0 Å². The van der Waals surface area contributed by atoms with Crippen LogP contribution in [-0.4, -0.2) is 65.7 Å². The Kier molecular flexibility index (Phi) is 4.51. The minimum absolute atomic E-state index is 0.0165. The molecular weight excluding hydrogens is 301 g/mol. The summed E-state index contributed by atoms with van der Waals surface area (Å²) in [5.41, 5.74) is -1.07. The van der Waals surface area contributed by atoms with Crippen molar-refractivity contribution in [2.45, 2.75) is 19.0 Å². The second-order valence-electron chi connectivity index (χ2n) is 6.03. The van der Waals surface area contributed by atoms with Gasteiger partial charge in [0, 0.05) is 45.1 Å². The zero-order chi connectivity index (χ0) is 16.5. The van der Waals surface area contributed by atoms with E-state index < -0.39 is 36.3 Å². The first-order valence-electron chi connectivity index (χ1n) is 7.09. The van der Waals surface area contributed by atoms with Gasteiger partial charge in [0.15, 0.2) is 0 Å². The average molecular weight is 320 g/mol. The Hall–Kier alpha value is -1.57. The first kappa shape index (κ1) is 16.8. The number of carbonyl (C=O) groups is 2. The van der Waals surface area contributed by atoms with Crippen molar-refractivity contribution in [2.24, 2.45) is 11.3 Å². The Bertz CT molecular complexity index is 480. The van der Waals surface area contributed by atoms with Crippen LogP contribution in [-0.2, 0) is 9.59 Å². The SMILES string of the molecule is C=CCN1C[C@@H]2CN(C(=O)CCC(F)(F)F)C[C@]2(C(=O)O)C1. The highest BCUT2D eigenvalue weighted by atomic mass is 19.4. The van der Waals surface area contributed by atoms with E-state index in [4.69, 9.17) is 0 Å². The van der Waals surface area contributed by atoms with E-state index in [1.807, 2.05) is 4.90 Å². The summed E-state index contributed by atoms with van der Waals surface area (Å²) in [6.07, 6.45) is -4.49. The van der Waals surface area contributed by atoms with Crippen molar-refractivity contribution in [1.29, 1.82) is 0 Å². The van der Waals surface area contributed by atoms with E-state index in [0.717, 1.165) is 0 Å². The first-order chi connectivity index (χ1) is 10.2. The highest BCUT2D eigenvalue weighted by molar-refractivity contribution is 5.81. The molecule has 2 aliphatic rings. The first-order valence-corrected chi connectivity index (χ1v) is 7.09. The van der Waals surface area contributed by atoms with E-state index in [2.05, 4.69) is 6.58 Å². The number of alkyl halides is 3. The molecule has 22 heavy (non-hydrogen) atoms. The molecule has 0 unspecified atom stereocenters. The molecule has 2 heterocycles. The number of carboxylic acids is 1. The van der Waals surface area contributed by atoms with Gasteiger partial charge in [-0.25, -0.2) is 0 Å². The summed E-state index contributed by atoms with van der Waals surface area (Å²) < 4.78 is 36.6. The summed E-state index contributed by atoms with van der Waals surface area (Å²) in [5.74, 6) is -1.86.